The summed E-state index contributed by atoms with van der Waals surface area (Å²) < 4.78 is 0. The van der Waals surface area contributed by atoms with E-state index in [1.165, 1.54) is 0 Å². The minimum Gasteiger partial charge on any atom is -0.296 e. The largest absolute Gasteiger partial charge is 0.325 e. The molecule has 0 N–H and O–H groups in total. The lowest BCUT2D eigenvalue weighted by atomic mass is 10.0. The molecule has 4 fully saturated rings. The Morgan fingerprint density at radius 1 is 0.386 bits per heavy atom. The molecule has 0 spiro atoms. The Morgan fingerprint density at radius 3 is 0.955 bits per heavy atom. The zero-order valence-corrected chi connectivity index (χ0v) is 23.4. The number of fused-ring (bicyclic) bond motifs is 6. The third-order valence-electron chi connectivity index (χ3n) is 11.0. The van der Waals surface area contributed by atoms with Crippen molar-refractivity contribution in [3.63, 3.8) is 0 Å². The van der Waals surface area contributed by atoms with Crippen LogP contribution in [0.25, 0.3) is 0 Å². The van der Waals surface area contributed by atoms with Crippen LogP contribution in [0.15, 0.2) is 72.8 Å². The number of urea groups is 4. The van der Waals surface area contributed by atoms with E-state index in [9.17, 15) is 19.2 Å². The van der Waals surface area contributed by atoms with E-state index in [-0.39, 0.29) is 24.1 Å². The second-order valence-electron chi connectivity index (χ2n) is 12.8. The predicted octanol–water partition coefficient (Wildman–Crippen LogP) is 3.39. The fourth-order valence-electron chi connectivity index (χ4n) is 9.28. The van der Waals surface area contributed by atoms with Gasteiger partial charge >= 0.3 is 24.1 Å². The number of carbonyl (C=O) groups excluding carboxylic acids is 4. The molecule has 8 heterocycles. The van der Waals surface area contributed by atoms with Gasteiger partial charge in [-0.1, -0.05) is 72.8 Å². The minimum absolute atomic E-state index is 0.213. The molecule has 0 atom stereocenters. The van der Waals surface area contributed by atoms with Gasteiger partial charge in [0.1, 0.15) is 12.3 Å². The normalized spacial score (nSPS) is 31.5. The number of amides is 8. The van der Waals surface area contributed by atoms with Crippen molar-refractivity contribution in [2.45, 2.75) is 63.2 Å². The van der Waals surface area contributed by atoms with Gasteiger partial charge in [-0.25, -0.2) is 19.2 Å². The number of hydrogen-bond donors (Lipinski definition) is 0. The van der Waals surface area contributed by atoms with Crippen LogP contribution in [-0.2, 0) is 26.2 Å². The van der Waals surface area contributed by atoms with E-state index in [1.807, 2.05) is 72.8 Å². The van der Waals surface area contributed by atoms with Gasteiger partial charge in [0.2, 0.25) is 0 Å². The monoisotopic (exact) mass is 586 g/mol. The summed E-state index contributed by atoms with van der Waals surface area (Å²) in [6, 6.07) is 22.7. The third kappa shape index (κ3) is 2.40. The van der Waals surface area contributed by atoms with Crippen molar-refractivity contribution >= 4 is 24.1 Å². The van der Waals surface area contributed by atoms with Crippen molar-refractivity contribution in [3.8, 4) is 0 Å². The highest BCUT2D eigenvalue weighted by Crippen LogP contribution is 2.58. The van der Waals surface area contributed by atoms with Crippen molar-refractivity contribution in [2.75, 3.05) is 0 Å². The fourth-order valence-corrected chi connectivity index (χ4v) is 9.28. The van der Waals surface area contributed by atoms with Gasteiger partial charge in [0.05, 0.1) is 0 Å². The number of carbonyl (C=O) groups is 4. The fraction of sp³-hybridized carbons (Fsp3) is 0.312. The van der Waals surface area contributed by atoms with Crippen LogP contribution in [-0.4, -0.2) is 88.0 Å². The van der Waals surface area contributed by atoms with Gasteiger partial charge in [0.15, 0.2) is 24.7 Å². The Bertz CT molecular complexity index is 1660. The van der Waals surface area contributed by atoms with Crippen LogP contribution in [0.5, 0.6) is 0 Å². The highest BCUT2D eigenvalue weighted by atomic mass is 16.2. The lowest BCUT2D eigenvalue weighted by Gasteiger charge is -2.45. The lowest BCUT2D eigenvalue weighted by molar-refractivity contribution is -0.0647. The summed E-state index contributed by atoms with van der Waals surface area (Å²) in [5.74, 6) is 0. The molecule has 44 heavy (non-hydrogen) atoms. The van der Waals surface area contributed by atoms with Crippen molar-refractivity contribution in [2.24, 2.45) is 0 Å². The molecule has 12 heteroatoms. The highest BCUT2D eigenvalue weighted by Gasteiger charge is 2.73. The summed E-state index contributed by atoms with van der Waals surface area (Å²) in [7, 11) is 0. The Balaban J connectivity index is 1.17. The SMILES string of the molecule is O=C1N2Cc3ccccc3CN3C(=O)N4C5c6ccccc6C(N1C4C23)N1C(=O)N2Cc3ccccc3CN3C(=O)N5C1C23. The summed E-state index contributed by atoms with van der Waals surface area (Å²) in [6.45, 7) is 1.45. The second kappa shape index (κ2) is 7.44. The van der Waals surface area contributed by atoms with Crippen LogP contribution in [0.4, 0.5) is 19.2 Å². The Labute approximate surface area is 251 Å². The van der Waals surface area contributed by atoms with Gasteiger partial charge in [0, 0.05) is 37.3 Å². The first-order valence-corrected chi connectivity index (χ1v) is 15.1. The van der Waals surface area contributed by atoms with Crippen molar-refractivity contribution < 1.29 is 19.2 Å². The smallest absolute Gasteiger partial charge is 0.296 e. The molecular weight excluding hydrogens is 560 g/mol. The lowest BCUT2D eigenvalue weighted by Crippen LogP contribution is -2.61. The summed E-state index contributed by atoms with van der Waals surface area (Å²) in [5.41, 5.74) is 5.58. The number of nitrogens with zero attached hydrogens (tertiary/aromatic N) is 8. The maximum atomic E-state index is 14.7. The quantitative estimate of drug-likeness (QED) is 0.404. The Morgan fingerprint density at radius 2 is 0.659 bits per heavy atom. The van der Waals surface area contributed by atoms with Gasteiger partial charge in [-0.3, -0.25) is 39.2 Å². The molecule has 3 aromatic carbocycles. The van der Waals surface area contributed by atoms with E-state index in [2.05, 4.69) is 0 Å². The molecule has 4 saturated heterocycles. The average Bonchev–Trinajstić information content (AvgIpc) is 3.45. The highest BCUT2D eigenvalue weighted by molar-refractivity contribution is 5.91. The number of rotatable bonds is 0. The van der Waals surface area contributed by atoms with E-state index in [1.54, 1.807) is 39.2 Å². The molecule has 12 nitrogen and oxygen atoms in total. The van der Waals surface area contributed by atoms with Gasteiger partial charge < -0.3 is 0 Å². The van der Waals surface area contributed by atoms with E-state index in [0.717, 1.165) is 33.4 Å². The minimum atomic E-state index is -0.788. The summed E-state index contributed by atoms with van der Waals surface area (Å²) in [4.78, 5) is 73.0. The summed E-state index contributed by atoms with van der Waals surface area (Å²) >= 11 is 0. The van der Waals surface area contributed by atoms with E-state index in [0.29, 0.717) is 26.2 Å². The summed E-state index contributed by atoms with van der Waals surface area (Å²) in [5, 5.41) is 0. The molecule has 0 aliphatic carbocycles. The van der Waals surface area contributed by atoms with E-state index in [4.69, 9.17) is 0 Å². The molecular formula is C32H26N8O4. The van der Waals surface area contributed by atoms with Gasteiger partial charge in [-0.2, -0.15) is 0 Å². The first kappa shape index (κ1) is 23.2. The van der Waals surface area contributed by atoms with Crippen LogP contribution in [0, 0.1) is 0 Å². The molecule has 0 unspecified atom stereocenters. The molecule has 3 aromatic rings. The first-order chi connectivity index (χ1) is 21.5. The predicted molar refractivity (Wildman–Crippen MR) is 151 cm³/mol. The first-order valence-electron chi connectivity index (χ1n) is 15.1. The van der Waals surface area contributed by atoms with Crippen molar-refractivity contribution in [1.29, 1.82) is 0 Å². The molecule has 8 amide bonds. The molecule has 8 aliphatic rings. The molecule has 218 valence electrons. The van der Waals surface area contributed by atoms with Gasteiger partial charge in [0.25, 0.3) is 0 Å². The standard InChI is InChI=1S/C32H26N8O4/c41-29-33-13-17-7-1-2-8-18(17)14-34-25(33)27-37(29)23-21-11-5-6-12-22(21)24(38(27)30(34)42)40-28-26-35(31(43)39(23)28)15-19-9-3-4-10-20(19)16-36(26)32(40)44/h1-12,23-28H,13-16H2. The summed E-state index contributed by atoms with van der Waals surface area (Å²) in [6.07, 6.45) is -4.06. The number of hydrogen-bond acceptors (Lipinski definition) is 4. The topological polar surface area (TPSA) is 94.2 Å². The van der Waals surface area contributed by atoms with Crippen LogP contribution >= 0.6 is 0 Å². The van der Waals surface area contributed by atoms with Crippen LogP contribution in [0.1, 0.15) is 45.7 Å². The van der Waals surface area contributed by atoms with Crippen molar-refractivity contribution in [3.05, 3.63) is 106 Å². The van der Waals surface area contributed by atoms with Crippen LogP contribution in [0.3, 0.4) is 0 Å². The molecule has 2 bridgehead atoms. The van der Waals surface area contributed by atoms with Gasteiger partial charge in [-0.05, 0) is 22.3 Å². The van der Waals surface area contributed by atoms with Crippen molar-refractivity contribution in [1.82, 2.24) is 39.2 Å². The zero-order chi connectivity index (χ0) is 29.2. The van der Waals surface area contributed by atoms with E-state index < -0.39 is 37.0 Å². The zero-order valence-electron chi connectivity index (χ0n) is 23.4. The maximum Gasteiger partial charge on any atom is 0.325 e. The Hall–Kier alpha value is -5.26. The van der Waals surface area contributed by atoms with Crippen LogP contribution in [0.2, 0.25) is 0 Å². The number of benzene rings is 3. The molecule has 0 aromatic heterocycles. The average molecular weight is 587 g/mol. The third-order valence-corrected chi connectivity index (χ3v) is 11.0. The molecule has 0 radical (unpaired) electrons. The molecule has 0 saturated carbocycles. The molecule has 8 aliphatic heterocycles. The second-order valence-corrected chi connectivity index (χ2v) is 12.8. The van der Waals surface area contributed by atoms with Crippen LogP contribution < -0.4 is 0 Å². The maximum absolute atomic E-state index is 14.7. The molecule has 11 rings (SSSR count). The van der Waals surface area contributed by atoms with E-state index >= 15 is 0 Å². The van der Waals surface area contributed by atoms with Gasteiger partial charge in [-0.15, -0.1) is 0 Å². The Kier molecular flexibility index (Phi) is 3.93.